The van der Waals surface area contributed by atoms with Gasteiger partial charge in [-0.3, -0.25) is 0 Å². The van der Waals surface area contributed by atoms with E-state index in [4.69, 9.17) is 0 Å². The van der Waals surface area contributed by atoms with Crippen molar-refractivity contribution in [2.75, 3.05) is 0 Å². The molecule has 4 unspecified atom stereocenters. The van der Waals surface area contributed by atoms with Gasteiger partial charge in [0.05, 0.1) is 0 Å². The maximum Gasteiger partial charge on any atom is -0.0348 e. The van der Waals surface area contributed by atoms with Gasteiger partial charge >= 0.3 is 0 Å². The van der Waals surface area contributed by atoms with E-state index in [1.165, 1.54) is 51.4 Å². The van der Waals surface area contributed by atoms with E-state index in [1.54, 1.807) is 0 Å². The van der Waals surface area contributed by atoms with E-state index in [0.29, 0.717) is 0 Å². The molecule has 0 aliphatic heterocycles. The van der Waals surface area contributed by atoms with Crippen molar-refractivity contribution < 1.29 is 0 Å². The van der Waals surface area contributed by atoms with Crippen molar-refractivity contribution in [3.63, 3.8) is 0 Å². The van der Waals surface area contributed by atoms with Crippen molar-refractivity contribution in [1.82, 2.24) is 0 Å². The predicted molar refractivity (Wildman–Crippen MR) is 94.1 cm³/mol. The molecule has 120 valence electrons. The van der Waals surface area contributed by atoms with Gasteiger partial charge in [-0.15, -0.1) is 0 Å². The Morgan fingerprint density at radius 3 is 1.65 bits per heavy atom. The third kappa shape index (κ3) is 10.5. The summed E-state index contributed by atoms with van der Waals surface area (Å²) >= 11 is 0. The lowest BCUT2D eigenvalue weighted by Crippen LogP contribution is -2.11. The number of hydrogen-bond donors (Lipinski definition) is 0. The molecule has 20 heavy (non-hydrogen) atoms. The number of allylic oxidation sites excluding steroid dienone is 2. The molecule has 0 heterocycles. The molecule has 0 nitrogen and oxygen atoms in total. The van der Waals surface area contributed by atoms with Gasteiger partial charge < -0.3 is 0 Å². The van der Waals surface area contributed by atoms with Gasteiger partial charge in [-0.05, 0) is 43.4 Å². The van der Waals surface area contributed by atoms with Crippen LogP contribution in [0.15, 0.2) is 12.2 Å². The molecule has 0 radical (unpaired) electrons. The van der Waals surface area contributed by atoms with Gasteiger partial charge in [-0.25, -0.2) is 0 Å². The molecule has 0 bridgehead atoms. The molecule has 0 saturated heterocycles. The average molecular weight is 281 g/mol. The highest BCUT2D eigenvalue weighted by atomic mass is 14.2. The summed E-state index contributed by atoms with van der Waals surface area (Å²) in [4.78, 5) is 0. The molecular formula is C20H40. The monoisotopic (exact) mass is 280 g/mol. The normalized spacial score (nSPS) is 18.1. The first-order chi connectivity index (χ1) is 9.51. The average Bonchev–Trinajstić information content (AvgIpc) is 2.42. The summed E-state index contributed by atoms with van der Waals surface area (Å²) in [6.45, 7) is 14.2. The van der Waals surface area contributed by atoms with Crippen molar-refractivity contribution in [3.8, 4) is 0 Å². The fourth-order valence-electron chi connectivity index (χ4n) is 2.99. The van der Waals surface area contributed by atoms with Gasteiger partial charge in [0.1, 0.15) is 0 Å². The van der Waals surface area contributed by atoms with Crippen LogP contribution in [-0.2, 0) is 0 Å². The molecule has 0 spiro atoms. The second-order valence-corrected chi connectivity index (χ2v) is 7.25. The summed E-state index contributed by atoms with van der Waals surface area (Å²) in [5, 5.41) is 0. The zero-order chi connectivity index (χ0) is 15.4. The Bertz CT molecular complexity index is 228. The van der Waals surface area contributed by atoms with Crippen molar-refractivity contribution in [3.05, 3.63) is 12.2 Å². The Hall–Kier alpha value is -0.260. The van der Waals surface area contributed by atoms with Gasteiger partial charge in [0.15, 0.2) is 0 Å². The fourth-order valence-corrected chi connectivity index (χ4v) is 2.99. The van der Waals surface area contributed by atoms with E-state index in [1.807, 2.05) is 0 Å². The third-order valence-corrected chi connectivity index (χ3v) is 5.04. The van der Waals surface area contributed by atoms with E-state index in [-0.39, 0.29) is 0 Å². The van der Waals surface area contributed by atoms with Crippen LogP contribution in [0, 0.1) is 23.7 Å². The van der Waals surface area contributed by atoms with Gasteiger partial charge in [-0.1, -0.05) is 85.3 Å². The molecule has 0 rings (SSSR count). The fraction of sp³-hybridized carbons (Fsp3) is 0.900. The first-order valence-corrected chi connectivity index (χ1v) is 9.12. The lowest BCUT2D eigenvalue weighted by molar-refractivity contribution is 0.290. The second-order valence-electron chi connectivity index (χ2n) is 7.25. The summed E-state index contributed by atoms with van der Waals surface area (Å²) in [6, 6.07) is 0. The van der Waals surface area contributed by atoms with Crippen LogP contribution in [0.3, 0.4) is 0 Å². The van der Waals surface area contributed by atoms with Crippen LogP contribution in [0.2, 0.25) is 0 Å². The minimum absolute atomic E-state index is 0.889. The van der Waals surface area contributed by atoms with E-state index in [0.717, 1.165) is 23.7 Å². The predicted octanol–water partition coefficient (Wildman–Crippen LogP) is 7.25. The Balaban J connectivity index is 3.75. The standard InChI is InChI=1S/C20H40/c1-7-9-10-12-18(4)14-16-20(6)19(5)15-13-17(3)11-8-2/h7,9,17-20H,8,10-16H2,1-6H3/b9-7+. The van der Waals surface area contributed by atoms with Gasteiger partial charge in [-0.2, -0.15) is 0 Å². The Morgan fingerprint density at radius 2 is 1.20 bits per heavy atom. The lowest BCUT2D eigenvalue weighted by Gasteiger charge is -2.23. The first-order valence-electron chi connectivity index (χ1n) is 9.12. The number of hydrogen-bond acceptors (Lipinski definition) is 0. The summed E-state index contributed by atoms with van der Waals surface area (Å²) in [5.41, 5.74) is 0. The van der Waals surface area contributed by atoms with Crippen LogP contribution < -0.4 is 0 Å². The molecule has 4 atom stereocenters. The quantitative estimate of drug-likeness (QED) is 0.330. The van der Waals surface area contributed by atoms with E-state index in [2.05, 4.69) is 53.7 Å². The summed E-state index contributed by atoms with van der Waals surface area (Å²) in [7, 11) is 0. The summed E-state index contributed by atoms with van der Waals surface area (Å²) in [5.74, 6) is 3.61. The molecule has 0 heteroatoms. The Labute approximate surface area is 129 Å². The minimum Gasteiger partial charge on any atom is -0.0917 e. The number of rotatable bonds is 12. The highest BCUT2D eigenvalue weighted by molar-refractivity contribution is 4.77. The molecule has 0 fully saturated rings. The van der Waals surface area contributed by atoms with Crippen LogP contribution in [0.5, 0.6) is 0 Å². The second kappa shape index (κ2) is 12.5. The van der Waals surface area contributed by atoms with Crippen molar-refractivity contribution in [2.24, 2.45) is 23.7 Å². The third-order valence-electron chi connectivity index (χ3n) is 5.04. The minimum atomic E-state index is 0.889. The van der Waals surface area contributed by atoms with Crippen LogP contribution in [0.4, 0.5) is 0 Å². The zero-order valence-electron chi connectivity index (χ0n) is 15.1. The molecule has 0 aromatic carbocycles. The van der Waals surface area contributed by atoms with Crippen molar-refractivity contribution in [2.45, 2.75) is 92.9 Å². The summed E-state index contributed by atoms with van der Waals surface area (Å²) < 4.78 is 0. The Kier molecular flexibility index (Phi) is 12.3. The van der Waals surface area contributed by atoms with Gasteiger partial charge in [0.2, 0.25) is 0 Å². The highest BCUT2D eigenvalue weighted by Gasteiger charge is 2.14. The van der Waals surface area contributed by atoms with Crippen LogP contribution in [0.25, 0.3) is 0 Å². The molecule has 0 aromatic rings. The Morgan fingerprint density at radius 1 is 0.700 bits per heavy atom. The maximum atomic E-state index is 2.47. The molecule has 0 N–H and O–H groups in total. The largest absolute Gasteiger partial charge is 0.0917 e. The first kappa shape index (κ1) is 19.7. The SMILES string of the molecule is C/C=C/CCC(C)CCC(C)C(C)CCC(C)CCC. The van der Waals surface area contributed by atoms with E-state index in [9.17, 15) is 0 Å². The smallest absolute Gasteiger partial charge is 0.0348 e. The molecule has 0 saturated carbocycles. The molecule has 0 aliphatic carbocycles. The maximum absolute atomic E-state index is 2.47. The zero-order valence-corrected chi connectivity index (χ0v) is 15.1. The van der Waals surface area contributed by atoms with E-state index >= 15 is 0 Å². The summed E-state index contributed by atoms with van der Waals surface area (Å²) in [6.07, 6.45) is 15.5. The highest BCUT2D eigenvalue weighted by Crippen LogP contribution is 2.27. The van der Waals surface area contributed by atoms with E-state index < -0.39 is 0 Å². The van der Waals surface area contributed by atoms with Gasteiger partial charge in [0, 0.05) is 0 Å². The molecule has 0 amide bonds. The van der Waals surface area contributed by atoms with Gasteiger partial charge in [0.25, 0.3) is 0 Å². The molecule has 0 aromatic heterocycles. The van der Waals surface area contributed by atoms with Crippen LogP contribution in [0.1, 0.15) is 92.9 Å². The molecular weight excluding hydrogens is 240 g/mol. The van der Waals surface area contributed by atoms with Crippen molar-refractivity contribution >= 4 is 0 Å². The van der Waals surface area contributed by atoms with Crippen molar-refractivity contribution in [1.29, 1.82) is 0 Å². The molecule has 0 aliphatic rings. The van der Waals surface area contributed by atoms with Crippen LogP contribution in [-0.4, -0.2) is 0 Å². The lowest BCUT2D eigenvalue weighted by atomic mass is 9.83. The topological polar surface area (TPSA) is 0 Å². The van der Waals surface area contributed by atoms with Crippen LogP contribution >= 0.6 is 0 Å².